The van der Waals surface area contributed by atoms with Crippen LogP contribution in [0.25, 0.3) is 0 Å². The largest absolute Gasteiger partial charge is 0.503 e. The van der Waals surface area contributed by atoms with Crippen molar-refractivity contribution in [1.82, 2.24) is 10.6 Å². The van der Waals surface area contributed by atoms with Gasteiger partial charge in [0.05, 0.1) is 22.4 Å². The third kappa shape index (κ3) is 9.62. The number of benzene rings is 4. The molecule has 4 aliphatic rings. The standard InChI is InChI=1S/C34H27Br5N4O8/c35-20-7-16-1-2-27(20)50-28-15-19(11-22(37)30(28)44)13-26(43-49)34(47)40-5-3-17-9-23(38)32(24(39)10-17)51-29-14-18(8-21(36)31(29)45)4-6-41-33(46)25(12-16)42-48/h1-2,7-11,14-15,44-45,48-49H,3-6,12-13H2,(H,40,47)(H,41,46)/b42-25+,43-26+. The summed E-state index contributed by atoms with van der Waals surface area (Å²) in [5.74, 6) is -0.539. The zero-order valence-electron chi connectivity index (χ0n) is 26.1. The van der Waals surface area contributed by atoms with Crippen molar-refractivity contribution < 1.29 is 39.7 Å². The van der Waals surface area contributed by atoms with E-state index < -0.39 is 11.8 Å². The minimum atomic E-state index is -0.589. The molecule has 12 nitrogen and oxygen atoms in total. The molecule has 0 atom stereocenters. The Labute approximate surface area is 333 Å². The lowest BCUT2D eigenvalue weighted by molar-refractivity contribution is -0.115. The number of phenolic OH excluding ortho intramolecular Hbond substituents is 2. The van der Waals surface area contributed by atoms with Crippen LogP contribution in [-0.2, 0) is 35.3 Å². The Bertz CT molecular complexity index is 2050. The second-order valence-electron chi connectivity index (χ2n) is 11.2. The van der Waals surface area contributed by atoms with Gasteiger partial charge in [0.25, 0.3) is 11.8 Å². The summed E-state index contributed by atoms with van der Waals surface area (Å²) in [4.78, 5) is 26.0. The highest BCUT2D eigenvalue weighted by molar-refractivity contribution is 9.11. The third-order valence-corrected chi connectivity index (χ3v) is 10.6. The number of oxime groups is 2. The number of carbonyl (C=O) groups is 2. The van der Waals surface area contributed by atoms with Gasteiger partial charge in [-0.25, -0.2) is 0 Å². The van der Waals surface area contributed by atoms with Gasteiger partial charge in [-0.05, 0) is 163 Å². The molecule has 0 fully saturated rings. The van der Waals surface area contributed by atoms with Gasteiger partial charge in [0, 0.05) is 25.9 Å². The van der Waals surface area contributed by atoms with Gasteiger partial charge in [0.1, 0.15) is 17.2 Å². The summed E-state index contributed by atoms with van der Waals surface area (Å²) < 4.78 is 14.4. The molecule has 4 aromatic carbocycles. The van der Waals surface area contributed by atoms with Crippen LogP contribution in [0.2, 0.25) is 0 Å². The molecule has 17 heteroatoms. The fraction of sp³-hybridized carbons (Fsp3) is 0.176. The lowest BCUT2D eigenvalue weighted by Crippen LogP contribution is -2.33. The van der Waals surface area contributed by atoms with E-state index in [2.05, 4.69) is 101 Å². The number of ether oxygens (including phenoxy) is 2. The Morgan fingerprint density at radius 1 is 0.549 bits per heavy atom. The van der Waals surface area contributed by atoms with E-state index in [9.17, 15) is 30.2 Å². The van der Waals surface area contributed by atoms with Gasteiger partial charge in [-0.3, -0.25) is 9.59 Å². The molecule has 51 heavy (non-hydrogen) atoms. The highest BCUT2D eigenvalue weighted by atomic mass is 79.9. The van der Waals surface area contributed by atoms with E-state index in [1.165, 1.54) is 6.07 Å². The van der Waals surface area contributed by atoms with E-state index in [-0.39, 0.29) is 64.8 Å². The lowest BCUT2D eigenvalue weighted by atomic mass is 10.1. The number of phenols is 2. The van der Waals surface area contributed by atoms with E-state index in [1.54, 1.807) is 36.4 Å². The van der Waals surface area contributed by atoms with Crippen LogP contribution in [-0.4, -0.2) is 57.0 Å². The molecule has 0 saturated heterocycles. The highest BCUT2D eigenvalue weighted by Crippen LogP contribution is 2.44. The molecule has 266 valence electrons. The van der Waals surface area contributed by atoms with Gasteiger partial charge in [-0.2, -0.15) is 0 Å². The van der Waals surface area contributed by atoms with Crippen LogP contribution in [0.15, 0.2) is 87.3 Å². The molecule has 0 spiro atoms. The molecule has 8 bridgehead atoms. The van der Waals surface area contributed by atoms with Gasteiger partial charge in [0.15, 0.2) is 28.7 Å². The number of halogens is 5. The van der Waals surface area contributed by atoms with Gasteiger partial charge >= 0.3 is 0 Å². The number of rotatable bonds is 0. The number of amides is 2. The van der Waals surface area contributed by atoms with Gasteiger partial charge in [0.2, 0.25) is 0 Å². The van der Waals surface area contributed by atoms with Crippen molar-refractivity contribution in [2.75, 3.05) is 13.1 Å². The first-order valence-corrected chi connectivity index (χ1v) is 19.0. The summed E-state index contributed by atoms with van der Waals surface area (Å²) in [6.45, 7) is 0.403. The maximum atomic E-state index is 13.0. The quantitative estimate of drug-likeness (QED) is 0.0752. The summed E-state index contributed by atoms with van der Waals surface area (Å²) in [6, 6.07) is 15.0. The summed E-state index contributed by atoms with van der Waals surface area (Å²) >= 11 is 17.2. The highest BCUT2D eigenvalue weighted by Gasteiger charge is 2.20. The van der Waals surface area contributed by atoms with Gasteiger partial charge in [-0.15, -0.1) is 0 Å². The van der Waals surface area contributed by atoms with Crippen LogP contribution >= 0.6 is 79.6 Å². The molecule has 6 N–H and O–H groups in total. The minimum Gasteiger partial charge on any atom is -0.503 e. The number of hydrogen-bond acceptors (Lipinski definition) is 10. The molecule has 0 aromatic heterocycles. The summed E-state index contributed by atoms with van der Waals surface area (Å²) in [6.07, 6.45) is 0.677. The zero-order chi connectivity index (χ0) is 36.8. The van der Waals surface area contributed by atoms with E-state index in [1.807, 2.05) is 12.1 Å². The minimum absolute atomic E-state index is 0.00980. The molecule has 0 radical (unpaired) electrons. The van der Waals surface area contributed by atoms with Crippen molar-refractivity contribution in [2.24, 2.45) is 10.3 Å². The summed E-state index contributed by atoms with van der Waals surface area (Å²) in [5, 5.41) is 52.8. The number of hydrogen-bond donors (Lipinski definition) is 6. The Morgan fingerprint density at radius 2 is 1.00 bits per heavy atom. The number of carbonyl (C=O) groups excluding carboxylic acids is 2. The second-order valence-corrected chi connectivity index (χ2v) is 15.4. The van der Waals surface area contributed by atoms with Crippen molar-refractivity contribution in [3.05, 3.63) is 99.2 Å². The molecule has 8 rings (SSSR count). The van der Waals surface area contributed by atoms with E-state index in [0.29, 0.717) is 53.4 Å². The van der Waals surface area contributed by atoms with E-state index in [4.69, 9.17) is 9.47 Å². The van der Waals surface area contributed by atoms with Crippen molar-refractivity contribution in [3.8, 4) is 34.5 Å². The second kappa shape index (κ2) is 17.3. The van der Waals surface area contributed by atoms with Crippen LogP contribution in [0.1, 0.15) is 22.3 Å². The third-order valence-electron chi connectivity index (χ3n) is 7.57. The first kappa shape index (κ1) is 38.6. The van der Waals surface area contributed by atoms with Crippen LogP contribution in [0.3, 0.4) is 0 Å². The number of aromatic hydroxyl groups is 2. The van der Waals surface area contributed by atoms with Crippen LogP contribution in [0.4, 0.5) is 0 Å². The maximum Gasteiger partial charge on any atom is 0.269 e. The lowest BCUT2D eigenvalue weighted by Gasteiger charge is -2.16. The fourth-order valence-electron chi connectivity index (χ4n) is 5.03. The predicted molar refractivity (Wildman–Crippen MR) is 207 cm³/mol. The van der Waals surface area contributed by atoms with E-state index >= 15 is 0 Å². The van der Waals surface area contributed by atoms with Crippen molar-refractivity contribution >= 4 is 103 Å². The Hall–Kier alpha value is -3.64. The molecule has 4 aliphatic heterocycles. The van der Waals surface area contributed by atoms with Crippen LogP contribution in [0, 0.1) is 0 Å². The molecular weight excluding hydrogens is 992 g/mol. The Kier molecular flexibility index (Phi) is 13.1. The van der Waals surface area contributed by atoms with Crippen molar-refractivity contribution in [3.63, 3.8) is 0 Å². The topological polar surface area (TPSA) is 182 Å². The van der Waals surface area contributed by atoms with Gasteiger partial charge < -0.3 is 40.7 Å². The molecule has 4 heterocycles. The molecular formula is C34H27Br5N4O8. The molecule has 0 aliphatic carbocycles. The smallest absolute Gasteiger partial charge is 0.269 e. The van der Waals surface area contributed by atoms with E-state index in [0.717, 1.165) is 11.1 Å². The molecule has 4 aromatic rings. The number of nitrogens with zero attached hydrogens (tertiary/aromatic N) is 2. The average Bonchev–Trinajstić information content (AvgIpc) is 3.08. The molecule has 0 saturated carbocycles. The predicted octanol–water partition coefficient (Wildman–Crippen LogP) is 8.27. The molecule has 0 unspecified atom stereocenters. The Morgan fingerprint density at radius 3 is 1.55 bits per heavy atom. The molecule has 2 amide bonds. The maximum absolute atomic E-state index is 13.0. The van der Waals surface area contributed by atoms with Gasteiger partial charge in [-0.1, -0.05) is 16.4 Å². The monoisotopic (exact) mass is 1010 g/mol. The van der Waals surface area contributed by atoms with Crippen LogP contribution < -0.4 is 20.1 Å². The summed E-state index contributed by atoms with van der Waals surface area (Å²) in [5.41, 5.74) is 2.40. The first-order valence-electron chi connectivity index (χ1n) is 15.0. The van der Waals surface area contributed by atoms with Crippen molar-refractivity contribution in [2.45, 2.75) is 25.7 Å². The van der Waals surface area contributed by atoms with Crippen molar-refractivity contribution in [1.29, 1.82) is 0 Å². The zero-order valence-corrected chi connectivity index (χ0v) is 34.1. The van der Waals surface area contributed by atoms with Crippen LogP contribution in [0.5, 0.6) is 34.5 Å². The SMILES string of the molecule is O=C1NCCc2cc(Br)c(O)c(c2)Oc2c(Br)cc(cc2Br)CCNC(=O)/C(=N/O)Cc2cc(Br)c(O)c(c2)Oc2ccc(cc2Br)C/C1=N\O. The first-order chi connectivity index (χ1) is 24.4. The summed E-state index contributed by atoms with van der Waals surface area (Å²) in [7, 11) is 0. The fourth-order valence-corrected chi connectivity index (χ4v) is 7.96. The normalized spacial score (nSPS) is 16.2. The Balaban J connectivity index is 1.47. The number of nitrogens with one attached hydrogen (secondary N) is 2. The average molecular weight is 1020 g/mol.